The molecule has 0 radical (unpaired) electrons. The molecule has 0 amide bonds. The van der Waals surface area contributed by atoms with Gasteiger partial charge in [0, 0.05) is 6.54 Å². The lowest BCUT2D eigenvalue weighted by Gasteiger charge is -2.29. The van der Waals surface area contributed by atoms with Gasteiger partial charge in [0.1, 0.15) is 5.54 Å². The fourth-order valence-corrected chi connectivity index (χ4v) is 2.81. The molecule has 2 atom stereocenters. The summed E-state index contributed by atoms with van der Waals surface area (Å²) in [6, 6.07) is 2.35. The highest BCUT2D eigenvalue weighted by Crippen LogP contribution is 2.37. The highest BCUT2D eigenvalue weighted by atomic mass is 19.4. The van der Waals surface area contributed by atoms with Crippen LogP contribution in [0.3, 0.4) is 0 Å². The lowest BCUT2D eigenvalue weighted by Crippen LogP contribution is -2.45. The molecule has 0 bridgehead atoms. The molecule has 1 aliphatic carbocycles. The Kier molecular flexibility index (Phi) is 5.63. The molecule has 3 nitrogen and oxygen atoms in total. The first-order chi connectivity index (χ1) is 8.83. The third kappa shape index (κ3) is 4.66. The van der Waals surface area contributed by atoms with E-state index in [9.17, 15) is 18.4 Å². The molecule has 1 rings (SSSR count). The summed E-state index contributed by atoms with van der Waals surface area (Å²) < 4.78 is 36.3. The van der Waals surface area contributed by atoms with E-state index in [1.807, 2.05) is 0 Å². The van der Waals surface area contributed by atoms with Gasteiger partial charge in [0.2, 0.25) is 0 Å². The van der Waals surface area contributed by atoms with Gasteiger partial charge >= 0.3 is 6.18 Å². The second-order valence-electron chi connectivity index (χ2n) is 5.38. The second-order valence-corrected chi connectivity index (χ2v) is 5.38. The van der Waals surface area contributed by atoms with Crippen LogP contribution in [0.1, 0.15) is 32.1 Å². The van der Waals surface area contributed by atoms with Gasteiger partial charge in [-0.1, -0.05) is 6.42 Å². The van der Waals surface area contributed by atoms with Crippen molar-refractivity contribution in [1.29, 1.82) is 5.26 Å². The monoisotopic (exact) mass is 277 g/mol. The van der Waals surface area contributed by atoms with Crippen molar-refractivity contribution < 1.29 is 13.2 Å². The Bertz CT molecular complexity index is 324. The van der Waals surface area contributed by atoms with Gasteiger partial charge in [-0.25, -0.2) is 0 Å². The Hall–Kier alpha value is -0.800. The molecule has 0 heterocycles. The molecule has 0 aromatic heterocycles. The second kappa shape index (κ2) is 6.58. The highest BCUT2D eigenvalue weighted by Gasteiger charge is 2.41. The van der Waals surface area contributed by atoms with Crippen molar-refractivity contribution >= 4 is 0 Å². The fourth-order valence-electron chi connectivity index (χ4n) is 2.81. The van der Waals surface area contributed by atoms with Crippen LogP contribution in [0.4, 0.5) is 13.2 Å². The normalized spacial score (nSPS) is 27.7. The Morgan fingerprint density at radius 1 is 1.42 bits per heavy atom. The fraction of sp³-hybridized carbons (Fsp3) is 0.923. The smallest absolute Gasteiger partial charge is 0.306 e. The van der Waals surface area contributed by atoms with E-state index in [1.165, 1.54) is 0 Å². The quantitative estimate of drug-likeness (QED) is 0.811. The van der Waals surface area contributed by atoms with Crippen molar-refractivity contribution in [2.45, 2.75) is 43.8 Å². The average Bonchev–Trinajstić information content (AvgIpc) is 2.76. The van der Waals surface area contributed by atoms with Crippen LogP contribution in [0, 0.1) is 17.2 Å². The van der Waals surface area contributed by atoms with Crippen molar-refractivity contribution in [2.75, 3.05) is 27.2 Å². The predicted octanol–water partition coefficient (Wildman–Crippen LogP) is 2.54. The van der Waals surface area contributed by atoms with Gasteiger partial charge in [0.15, 0.2) is 0 Å². The lowest BCUT2D eigenvalue weighted by atomic mass is 9.86. The molecule has 0 spiro atoms. The van der Waals surface area contributed by atoms with Gasteiger partial charge in [0.25, 0.3) is 0 Å². The molecule has 2 unspecified atom stereocenters. The summed E-state index contributed by atoms with van der Waals surface area (Å²) in [4.78, 5) is 1.70. The number of halogens is 3. The van der Waals surface area contributed by atoms with E-state index < -0.39 is 18.1 Å². The maximum atomic E-state index is 12.1. The first kappa shape index (κ1) is 16.3. The van der Waals surface area contributed by atoms with Crippen molar-refractivity contribution in [1.82, 2.24) is 10.2 Å². The Morgan fingerprint density at radius 3 is 2.63 bits per heavy atom. The minimum atomic E-state index is -4.09. The van der Waals surface area contributed by atoms with Crippen LogP contribution < -0.4 is 5.32 Å². The van der Waals surface area contributed by atoms with Crippen molar-refractivity contribution in [3.05, 3.63) is 0 Å². The maximum Gasteiger partial charge on any atom is 0.390 e. The van der Waals surface area contributed by atoms with E-state index in [1.54, 1.807) is 19.0 Å². The SMILES string of the molecule is CNC1(C#N)CCCC1CCN(C)CCC(F)(F)F. The Morgan fingerprint density at radius 2 is 2.11 bits per heavy atom. The van der Waals surface area contributed by atoms with Crippen LogP contribution in [-0.2, 0) is 0 Å². The first-order valence-corrected chi connectivity index (χ1v) is 6.68. The summed E-state index contributed by atoms with van der Waals surface area (Å²) in [6.07, 6.45) is -1.29. The summed E-state index contributed by atoms with van der Waals surface area (Å²) in [7, 11) is 3.49. The third-order valence-corrected chi connectivity index (χ3v) is 4.10. The van der Waals surface area contributed by atoms with E-state index in [-0.39, 0.29) is 12.5 Å². The summed E-state index contributed by atoms with van der Waals surface area (Å²) in [5.74, 6) is 0.232. The van der Waals surface area contributed by atoms with Crippen LogP contribution in [-0.4, -0.2) is 43.8 Å². The number of hydrogen-bond acceptors (Lipinski definition) is 3. The van der Waals surface area contributed by atoms with Crippen LogP contribution in [0.5, 0.6) is 0 Å². The first-order valence-electron chi connectivity index (χ1n) is 6.68. The molecule has 1 saturated carbocycles. The van der Waals surface area contributed by atoms with Gasteiger partial charge in [-0.05, 0) is 45.8 Å². The molecule has 0 aromatic carbocycles. The van der Waals surface area contributed by atoms with Crippen molar-refractivity contribution in [3.8, 4) is 6.07 Å². The standard InChI is InChI=1S/C13H22F3N3/c1-18-12(10-17)6-3-4-11(12)5-8-19(2)9-7-13(14,15)16/h11,18H,3-9H2,1-2H3. The van der Waals surface area contributed by atoms with Crippen LogP contribution in [0.2, 0.25) is 0 Å². The summed E-state index contributed by atoms with van der Waals surface area (Å²) in [6.45, 7) is 0.626. The molecule has 110 valence electrons. The topological polar surface area (TPSA) is 39.1 Å². The molecular weight excluding hydrogens is 255 g/mol. The molecule has 1 N–H and O–H groups in total. The number of nitrogens with one attached hydrogen (secondary N) is 1. The van der Waals surface area contributed by atoms with E-state index in [4.69, 9.17) is 0 Å². The van der Waals surface area contributed by atoms with Gasteiger partial charge in [-0.2, -0.15) is 18.4 Å². The van der Waals surface area contributed by atoms with Gasteiger partial charge in [-0.15, -0.1) is 0 Å². The highest BCUT2D eigenvalue weighted by molar-refractivity contribution is 5.13. The number of nitrogens with zero attached hydrogens (tertiary/aromatic N) is 2. The number of hydrogen-bond donors (Lipinski definition) is 1. The molecule has 0 saturated heterocycles. The van der Waals surface area contributed by atoms with Gasteiger partial charge in [-0.3, -0.25) is 0 Å². The van der Waals surface area contributed by atoms with Crippen molar-refractivity contribution in [2.24, 2.45) is 5.92 Å². The molecule has 6 heteroatoms. The van der Waals surface area contributed by atoms with Gasteiger partial charge < -0.3 is 10.2 Å². The largest absolute Gasteiger partial charge is 0.390 e. The van der Waals surface area contributed by atoms with Gasteiger partial charge in [0.05, 0.1) is 12.5 Å². The summed E-state index contributed by atoms with van der Waals surface area (Å²) in [5, 5.41) is 12.4. The zero-order valence-electron chi connectivity index (χ0n) is 11.6. The van der Waals surface area contributed by atoms with Crippen LogP contribution in [0.25, 0.3) is 0 Å². The maximum absolute atomic E-state index is 12.1. The molecular formula is C13H22F3N3. The lowest BCUT2D eigenvalue weighted by molar-refractivity contribution is -0.137. The average molecular weight is 277 g/mol. The third-order valence-electron chi connectivity index (χ3n) is 4.10. The number of alkyl halides is 3. The zero-order chi connectivity index (χ0) is 14.5. The molecule has 1 fully saturated rings. The zero-order valence-corrected chi connectivity index (χ0v) is 11.6. The number of rotatable bonds is 6. The van der Waals surface area contributed by atoms with E-state index in [0.717, 1.165) is 25.7 Å². The van der Waals surface area contributed by atoms with E-state index in [0.29, 0.717) is 6.54 Å². The minimum Gasteiger partial charge on any atom is -0.306 e. The molecule has 1 aliphatic rings. The Labute approximate surface area is 112 Å². The predicted molar refractivity (Wildman–Crippen MR) is 67.5 cm³/mol. The van der Waals surface area contributed by atoms with Crippen LogP contribution in [0.15, 0.2) is 0 Å². The van der Waals surface area contributed by atoms with E-state index >= 15 is 0 Å². The minimum absolute atomic E-state index is 0.0231. The molecule has 0 aromatic rings. The number of nitriles is 1. The summed E-state index contributed by atoms with van der Waals surface area (Å²) in [5.41, 5.74) is -0.481. The van der Waals surface area contributed by atoms with Crippen LogP contribution >= 0.6 is 0 Å². The molecule has 0 aliphatic heterocycles. The Balaban J connectivity index is 2.38. The van der Waals surface area contributed by atoms with Crippen molar-refractivity contribution in [3.63, 3.8) is 0 Å². The summed E-state index contributed by atoms with van der Waals surface area (Å²) >= 11 is 0. The van der Waals surface area contributed by atoms with E-state index in [2.05, 4.69) is 11.4 Å². The molecule has 19 heavy (non-hydrogen) atoms.